The smallest absolute Gasteiger partial charge is 0.229 e. The van der Waals surface area contributed by atoms with Crippen LogP contribution in [0.1, 0.15) is 67.9 Å². The summed E-state index contributed by atoms with van der Waals surface area (Å²) >= 11 is 0. The number of aromatic nitrogens is 4. The van der Waals surface area contributed by atoms with Crippen molar-refractivity contribution < 1.29 is 9.05 Å². The van der Waals surface area contributed by atoms with Crippen LogP contribution in [0.15, 0.2) is 9.05 Å². The first kappa shape index (κ1) is 13.9. The summed E-state index contributed by atoms with van der Waals surface area (Å²) in [6, 6.07) is 0. The van der Waals surface area contributed by atoms with Crippen LogP contribution in [-0.4, -0.2) is 38.3 Å². The first-order valence-electron chi connectivity index (χ1n) is 8.19. The molecular weight excluding hydrogens is 282 g/mol. The van der Waals surface area contributed by atoms with Gasteiger partial charge in [0.25, 0.3) is 0 Å². The second-order valence-corrected chi connectivity index (χ2v) is 6.30. The molecule has 2 fully saturated rings. The zero-order chi connectivity index (χ0) is 14.9. The monoisotopic (exact) mass is 303 g/mol. The van der Waals surface area contributed by atoms with Crippen LogP contribution in [0.5, 0.6) is 0 Å². The molecule has 0 aromatic carbocycles. The van der Waals surface area contributed by atoms with Gasteiger partial charge >= 0.3 is 0 Å². The van der Waals surface area contributed by atoms with Gasteiger partial charge in [0.15, 0.2) is 11.6 Å². The lowest BCUT2D eigenvalue weighted by Crippen LogP contribution is -2.34. The molecule has 1 saturated carbocycles. The Morgan fingerprint density at radius 3 is 2.77 bits per heavy atom. The van der Waals surface area contributed by atoms with Crippen molar-refractivity contribution in [1.82, 2.24) is 25.2 Å². The minimum Gasteiger partial charge on any atom is -0.339 e. The van der Waals surface area contributed by atoms with Crippen LogP contribution < -0.4 is 0 Å². The summed E-state index contributed by atoms with van der Waals surface area (Å²) in [4.78, 5) is 11.3. The largest absolute Gasteiger partial charge is 0.339 e. The van der Waals surface area contributed by atoms with Crippen molar-refractivity contribution in [1.29, 1.82) is 0 Å². The van der Waals surface area contributed by atoms with Gasteiger partial charge in [-0.15, -0.1) is 0 Å². The molecule has 1 aliphatic carbocycles. The van der Waals surface area contributed by atoms with Gasteiger partial charge in [-0.3, -0.25) is 4.90 Å². The Morgan fingerprint density at radius 1 is 1.09 bits per heavy atom. The van der Waals surface area contributed by atoms with Crippen LogP contribution >= 0.6 is 0 Å². The Kier molecular flexibility index (Phi) is 3.65. The zero-order valence-corrected chi connectivity index (χ0v) is 12.9. The van der Waals surface area contributed by atoms with Crippen molar-refractivity contribution in [3.8, 4) is 0 Å². The first-order valence-corrected chi connectivity index (χ1v) is 8.19. The van der Waals surface area contributed by atoms with Gasteiger partial charge in [0.2, 0.25) is 11.8 Å². The van der Waals surface area contributed by atoms with Gasteiger partial charge in [0.05, 0.1) is 6.54 Å². The highest BCUT2D eigenvalue weighted by Crippen LogP contribution is 2.39. The van der Waals surface area contributed by atoms with Crippen molar-refractivity contribution >= 4 is 0 Å². The number of aryl methyl sites for hydroxylation is 1. The number of hydrogen-bond acceptors (Lipinski definition) is 7. The number of piperidine rings is 1. The van der Waals surface area contributed by atoms with Gasteiger partial charge in [-0.25, -0.2) is 0 Å². The summed E-state index contributed by atoms with van der Waals surface area (Å²) in [6.45, 7) is 4.73. The van der Waals surface area contributed by atoms with Crippen LogP contribution in [0.25, 0.3) is 0 Å². The van der Waals surface area contributed by atoms with Gasteiger partial charge in [-0.1, -0.05) is 17.2 Å². The normalized spacial score (nSPS) is 23.0. The predicted octanol–water partition coefficient (Wildman–Crippen LogP) is 2.27. The minimum atomic E-state index is 0.350. The van der Waals surface area contributed by atoms with E-state index in [2.05, 4.69) is 25.2 Å². The summed E-state index contributed by atoms with van der Waals surface area (Å²) < 4.78 is 10.6. The lowest BCUT2D eigenvalue weighted by molar-refractivity contribution is 0.188. The van der Waals surface area contributed by atoms with E-state index in [-0.39, 0.29) is 0 Å². The molecule has 0 bridgehead atoms. The maximum Gasteiger partial charge on any atom is 0.229 e. The fourth-order valence-corrected chi connectivity index (χ4v) is 3.02. The number of rotatable bonds is 5. The maximum atomic E-state index is 5.39. The van der Waals surface area contributed by atoms with E-state index in [4.69, 9.17) is 9.05 Å². The van der Waals surface area contributed by atoms with E-state index in [1.807, 2.05) is 6.92 Å². The molecule has 1 saturated heterocycles. The van der Waals surface area contributed by atoms with E-state index in [0.717, 1.165) is 56.4 Å². The third-order valence-corrected chi connectivity index (χ3v) is 4.43. The van der Waals surface area contributed by atoms with Gasteiger partial charge < -0.3 is 9.05 Å². The molecule has 7 nitrogen and oxygen atoms in total. The molecule has 2 aliphatic rings. The van der Waals surface area contributed by atoms with Crippen molar-refractivity contribution in [2.45, 2.75) is 57.4 Å². The molecule has 3 heterocycles. The second-order valence-electron chi connectivity index (χ2n) is 6.30. The molecule has 2 aromatic rings. The molecule has 1 aliphatic heterocycles. The summed E-state index contributed by atoms with van der Waals surface area (Å²) in [5, 5.41) is 8.23. The lowest BCUT2D eigenvalue weighted by Gasteiger charge is -2.30. The quantitative estimate of drug-likeness (QED) is 0.838. The minimum absolute atomic E-state index is 0.350. The fourth-order valence-electron chi connectivity index (χ4n) is 3.02. The van der Waals surface area contributed by atoms with Crippen LogP contribution in [0.2, 0.25) is 0 Å². The van der Waals surface area contributed by atoms with E-state index in [1.165, 1.54) is 12.8 Å². The summed E-state index contributed by atoms with van der Waals surface area (Å²) in [7, 11) is 0. The van der Waals surface area contributed by atoms with E-state index in [1.54, 1.807) is 0 Å². The lowest BCUT2D eigenvalue weighted by atomic mass is 9.97. The Labute approximate surface area is 129 Å². The average Bonchev–Trinajstić information content (AvgIpc) is 3.10. The topological polar surface area (TPSA) is 81.1 Å². The van der Waals surface area contributed by atoms with Crippen LogP contribution in [-0.2, 0) is 13.0 Å². The van der Waals surface area contributed by atoms with Crippen molar-refractivity contribution in [2.24, 2.45) is 0 Å². The standard InChI is InChI=1S/C15H21N5O2/c1-2-13-16-12(18-21-13)9-20-7-3-4-11(8-20)14-17-15(22-19-14)10-5-6-10/h10-11H,2-9H2,1H3. The summed E-state index contributed by atoms with van der Waals surface area (Å²) in [6.07, 6.45) is 5.41. The van der Waals surface area contributed by atoms with Crippen LogP contribution in [0.4, 0.5) is 0 Å². The molecule has 2 aromatic heterocycles. The molecular formula is C15H21N5O2. The molecule has 4 rings (SSSR count). The molecule has 7 heteroatoms. The molecule has 0 N–H and O–H groups in total. The van der Waals surface area contributed by atoms with Crippen molar-refractivity contribution in [3.05, 3.63) is 23.4 Å². The Morgan fingerprint density at radius 2 is 2.00 bits per heavy atom. The van der Waals surface area contributed by atoms with Gasteiger partial charge in [-0.2, -0.15) is 9.97 Å². The van der Waals surface area contributed by atoms with Gasteiger partial charge in [-0.05, 0) is 32.2 Å². The molecule has 1 unspecified atom stereocenters. The predicted molar refractivity (Wildman–Crippen MR) is 77.2 cm³/mol. The summed E-state index contributed by atoms with van der Waals surface area (Å²) in [5.74, 6) is 4.04. The highest BCUT2D eigenvalue weighted by atomic mass is 16.5. The van der Waals surface area contributed by atoms with E-state index in [0.29, 0.717) is 17.7 Å². The molecule has 22 heavy (non-hydrogen) atoms. The van der Waals surface area contributed by atoms with E-state index >= 15 is 0 Å². The molecule has 1 atom stereocenters. The Bertz CT molecular complexity index is 633. The van der Waals surface area contributed by atoms with E-state index < -0.39 is 0 Å². The highest BCUT2D eigenvalue weighted by Gasteiger charge is 2.32. The second kappa shape index (κ2) is 5.79. The van der Waals surface area contributed by atoms with Crippen LogP contribution in [0.3, 0.4) is 0 Å². The highest BCUT2D eigenvalue weighted by molar-refractivity contribution is 5.05. The Hall–Kier alpha value is -1.76. The van der Waals surface area contributed by atoms with Crippen molar-refractivity contribution in [2.75, 3.05) is 13.1 Å². The number of likely N-dealkylation sites (tertiary alicyclic amines) is 1. The van der Waals surface area contributed by atoms with E-state index in [9.17, 15) is 0 Å². The fraction of sp³-hybridized carbons (Fsp3) is 0.733. The molecule has 0 amide bonds. The summed E-state index contributed by atoms with van der Waals surface area (Å²) in [5.41, 5.74) is 0. The third-order valence-electron chi connectivity index (χ3n) is 4.43. The van der Waals surface area contributed by atoms with Gasteiger partial charge in [0.1, 0.15) is 0 Å². The maximum absolute atomic E-state index is 5.39. The SMILES string of the molecule is CCc1nc(CN2CCCC(c3noc(C4CC4)n3)C2)no1. The van der Waals surface area contributed by atoms with Crippen molar-refractivity contribution in [3.63, 3.8) is 0 Å². The first-order chi connectivity index (χ1) is 10.8. The molecule has 118 valence electrons. The number of nitrogens with zero attached hydrogens (tertiary/aromatic N) is 5. The molecule has 0 radical (unpaired) electrons. The third kappa shape index (κ3) is 2.90. The average molecular weight is 303 g/mol. The van der Waals surface area contributed by atoms with Crippen LogP contribution in [0, 0.1) is 0 Å². The van der Waals surface area contributed by atoms with Gasteiger partial charge in [0, 0.05) is 24.8 Å². The molecule has 0 spiro atoms. The Balaban J connectivity index is 1.40. The number of hydrogen-bond donors (Lipinski definition) is 0. The zero-order valence-electron chi connectivity index (χ0n) is 12.9.